The van der Waals surface area contributed by atoms with Crippen LogP contribution in [0.25, 0.3) is 22.0 Å². The first-order valence-electron chi connectivity index (χ1n) is 9.92. The van der Waals surface area contributed by atoms with E-state index in [4.69, 9.17) is 11.6 Å². The van der Waals surface area contributed by atoms with E-state index in [1.807, 2.05) is 12.1 Å². The molecule has 0 saturated carbocycles. The van der Waals surface area contributed by atoms with Crippen molar-refractivity contribution in [1.29, 1.82) is 0 Å². The van der Waals surface area contributed by atoms with Crippen molar-refractivity contribution in [2.45, 2.75) is 12.5 Å². The number of fused-ring (bicyclic) bond motifs is 2. The lowest BCUT2D eigenvalue weighted by atomic mass is 9.83. The summed E-state index contributed by atoms with van der Waals surface area (Å²) in [5, 5.41) is 12.0. The van der Waals surface area contributed by atoms with E-state index in [1.165, 1.54) is 16.7 Å². The molecule has 0 fully saturated rings. The molecule has 2 heterocycles. The van der Waals surface area contributed by atoms with Crippen LogP contribution < -0.4 is 5.56 Å². The van der Waals surface area contributed by atoms with Gasteiger partial charge in [0.15, 0.2) is 0 Å². The van der Waals surface area contributed by atoms with E-state index in [0.717, 1.165) is 18.7 Å². The van der Waals surface area contributed by atoms with Crippen LogP contribution in [0.1, 0.15) is 22.6 Å². The lowest BCUT2D eigenvalue weighted by Gasteiger charge is -2.33. The highest BCUT2D eigenvalue weighted by Crippen LogP contribution is 2.38. The number of rotatable bonds is 2. The number of aromatic amines is 1. The Hall–Kier alpha value is -3.08. The van der Waals surface area contributed by atoms with E-state index in [9.17, 15) is 9.90 Å². The molecule has 0 bridgehead atoms. The van der Waals surface area contributed by atoms with Crippen LogP contribution in [-0.4, -0.2) is 28.6 Å². The van der Waals surface area contributed by atoms with Crippen molar-refractivity contribution in [3.63, 3.8) is 0 Å². The number of pyridine rings is 1. The predicted molar refractivity (Wildman–Crippen MR) is 121 cm³/mol. The zero-order chi connectivity index (χ0) is 20.8. The summed E-state index contributed by atoms with van der Waals surface area (Å²) in [5.74, 6) is 0.190. The molecular weight excluding hydrogens is 396 g/mol. The summed E-state index contributed by atoms with van der Waals surface area (Å²) < 4.78 is 0. The SMILES string of the molecule is CN1Cc2ccc(-c3c(O)c4ccc(Cl)cc4[nH]c3=O)cc2C(c2ccccc2)C1. The maximum Gasteiger partial charge on any atom is 0.260 e. The molecule has 5 heteroatoms. The van der Waals surface area contributed by atoms with Crippen molar-refractivity contribution in [1.82, 2.24) is 9.88 Å². The van der Waals surface area contributed by atoms with Crippen LogP contribution in [0.2, 0.25) is 5.02 Å². The monoisotopic (exact) mass is 416 g/mol. The minimum Gasteiger partial charge on any atom is -0.506 e. The van der Waals surface area contributed by atoms with Crippen molar-refractivity contribution in [3.8, 4) is 16.9 Å². The number of aromatic hydroxyl groups is 1. The number of nitrogens with one attached hydrogen (secondary N) is 1. The standard InChI is InChI=1S/C25H21ClN2O2/c1-28-13-17-8-7-16(11-20(17)21(14-28)15-5-3-2-4-6-15)23-24(29)19-10-9-18(26)12-22(19)27-25(23)30/h2-12,21H,13-14H2,1H3,(H2,27,29,30). The van der Waals surface area contributed by atoms with Crippen LogP contribution in [0.5, 0.6) is 5.75 Å². The van der Waals surface area contributed by atoms with Crippen LogP contribution in [-0.2, 0) is 6.54 Å². The second kappa shape index (κ2) is 7.31. The Balaban J connectivity index is 1.69. The van der Waals surface area contributed by atoms with Gasteiger partial charge in [-0.2, -0.15) is 0 Å². The fraction of sp³-hybridized carbons (Fsp3) is 0.160. The molecule has 4 aromatic rings. The average Bonchev–Trinajstić information content (AvgIpc) is 2.73. The first-order valence-corrected chi connectivity index (χ1v) is 10.3. The quantitative estimate of drug-likeness (QED) is 0.476. The molecule has 1 unspecified atom stereocenters. The molecule has 0 radical (unpaired) electrons. The summed E-state index contributed by atoms with van der Waals surface area (Å²) in [6.45, 7) is 1.76. The zero-order valence-electron chi connectivity index (χ0n) is 16.5. The number of nitrogens with zero attached hydrogens (tertiary/aromatic N) is 1. The van der Waals surface area contributed by atoms with Gasteiger partial charge in [0.1, 0.15) is 5.75 Å². The van der Waals surface area contributed by atoms with Gasteiger partial charge in [-0.15, -0.1) is 0 Å². The van der Waals surface area contributed by atoms with Crippen molar-refractivity contribution in [3.05, 3.63) is 98.8 Å². The third kappa shape index (κ3) is 3.18. The normalized spacial score (nSPS) is 16.5. The minimum absolute atomic E-state index is 0.0189. The molecule has 1 aliphatic heterocycles. The summed E-state index contributed by atoms with van der Waals surface area (Å²) >= 11 is 6.04. The van der Waals surface area contributed by atoms with Crippen LogP contribution in [0, 0.1) is 0 Å². The molecule has 30 heavy (non-hydrogen) atoms. The van der Waals surface area contributed by atoms with E-state index >= 15 is 0 Å². The number of likely N-dealkylation sites (N-methyl/N-ethyl adjacent to an activating group) is 1. The largest absolute Gasteiger partial charge is 0.506 e. The summed E-state index contributed by atoms with van der Waals surface area (Å²) in [6.07, 6.45) is 0. The van der Waals surface area contributed by atoms with E-state index in [1.54, 1.807) is 18.2 Å². The van der Waals surface area contributed by atoms with Crippen molar-refractivity contribution < 1.29 is 5.11 Å². The Bertz CT molecular complexity index is 1310. The molecule has 5 rings (SSSR count). The van der Waals surface area contributed by atoms with Gasteiger partial charge in [0.25, 0.3) is 5.56 Å². The second-order valence-corrected chi connectivity index (χ2v) is 8.38. The van der Waals surface area contributed by atoms with Crippen LogP contribution >= 0.6 is 11.6 Å². The Morgan fingerprint density at radius 1 is 1.07 bits per heavy atom. The van der Waals surface area contributed by atoms with E-state index in [-0.39, 0.29) is 17.2 Å². The fourth-order valence-electron chi connectivity index (χ4n) is 4.48. The van der Waals surface area contributed by atoms with Crippen LogP contribution in [0.4, 0.5) is 0 Å². The highest BCUT2D eigenvalue weighted by molar-refractivity contribution is 6.31. The Kier molecular flexibility index (Phi) is 4.61. The summed E-state index contributed by atoms with van der Waals surface area (Å²) in [6, 6.07) is 21.6. The highest BCUT2D eigenvalue weighted by Gasteiger charge is 2.26. The first-order chi connectivity index (χ1) is 14.5. The molecule has 0 amide bonds. The fourth-order valence-corrected chi connectivity index (χ4v) is 4.65. The van der Waals surface area contributed by atoms with Gasteiger partial charge in [-0.1, -0.05) is 54.1 Å². The topological polar surface area (TPSA) is 56.3 Å². The Morgan fingerprint density at radius 2 is 1.87 bits per heavy atom. The van der Waals surface area contributed by atoms with E-state index < -0.39 is 0 Å². The van der Waals surface area contributed by atoms with Crippen molar-refractivity contribution in [2.75, 3.05) is 13.6 Å². The molecule has 3 aromatic carbocycles. The van der Waals surface area contributed by atoms with Gasteiger partial charge in [0.2, 0.25) is 0 Å². The van der Waals surface area contributed by atoms with Gasteiger partial charge in [-0.3, -0.25) is 4.79 Å². The van der Waals surface area contributed by atoms with Gasteiger partial charge >= 0.3 is 0 Å². The summed E-state index contributed by atoms with van der Waals surface area (Å²) in [7, 11) is 2.12. The molecule has 2 N–H and O–H groups in total. The van der Waals surface area contributed by atoms with Gasteiger partial charge < -0.3 is 15.0 Å². The number of halogens is 1. The third-order valence-corrected chi connectivity index (χ3v) is 6.13. The van der Waals surface area contributed by atoms with Gasteiger partial charge in [0.05, 0.1) is 11.1 Å². The lowest BCUT2D eigenvalue weighted by Crippen LogP contribution is -2.31. The molecule has 1 aliphatic rings. The van der Waals surface area contributed by atoms with Crippen LogP contribution in [0.3, 0.4) is 0 Å². The van der Waals surface area contributed by atoms with E-state index in [0.29, 0.717) is 21.5 Å². The average molecular weight is 417 g/mol. The predicted octanol–water partition coefficient (Wildman–Crippen LogP) is 5.13. The van der Waals surface area contributed by atoms with E-state index in [2.05, 4.69) is 53.3 Å². The summed E-state index contributed by atoms with van der Waals surface area (Å²) in [5.41, 5.74) is 4.89. The second-order valence-electron chi connectivity index (χ2n) is 7.94. The molecule has 150 valence electrons. The number of hydrogen-bond acceptors (Lipinski definition) is 3. The molecule has 4 nitrogen and oxygen atoms in total. The van der Waals surface area contributed by atoms with Gasteiger partial charge in [-0.05, 0) is 53.6 Å². The minimum atomic E-state index is -0.327. The third-order valence-electron chi connectivity index (χ3n) is 5.90. The highest BCUT2D eigenvalue weighted by atomic mass is 35.5. The van der Waals surface area contributed by atoms with Gasteiger partial charge in [-0.25, -0.2) is 0 Å². The Morgan fingerprint density at radius 3 is 2.67 bits per heavy atom. The number of hydrogen-bond donors (Lipinski definition) is 2. The maximum atomic E-state index is 12.9. The van der Waals surface area contributed by atoms with Crippen molar-refractivity contribution in [2.24, 2.45) is 0 Å². The summed E-state index contributed by atoms with van der Waals surface area (Å²) in [4.78, 5) is 18.0. The Labute approximate surface area is 179 Å². The zero-order valence-corrected chi connectivity index (χ0v) is 17.3. The van der Waals surface area contributed by atoms with Gasteiger partial charge in [0, 0.05) is 29.4 Å². The number of benzene rings is 3. The molecular formula is C25H21ClN2O2. The molecule has 1 atom stereocenters. The number of H-pyrrole nitrogens is 1. The molecule has 0 spiro atoms. The number of aromatic nitrogens is 1. The molecule has 0 aliphatic carbocycles. The lowest BCUT2D eigenvalue weighted by molar-refractivity contribution is 0.295. The van der Waals surface area contributed by atoms with Crippen LogP contribution in [0.15, 0.2) is 71.5 Å². The molecule has 0 saturated heterocycles. The first kappa shape index (κ1) is 18.9. The molecule has 1 aromatic heterocycles. The smallest absolute Gasteiger partial charge is 0.260 e. The van der Waals surface area contributed by atoms with Crippen molar-refractivity contribution >= 4 is 22.5 Å². The maximum absolute atomic E-state index is 12.9.